The molecule has 1 heterocycles. The molecule has 0 amide bonds. The Morgan fingerprint density at radius 1 is 0.744 bits per heavy atom. The Kier molecular flexibility index (Phi) is 6.41. The van der Waals surface area contributed by atoms with Crippen LogP contribution in [0.1, 0.15) is 22.3 Å². The van der Waals surface area contributed by atoms with E-state index in [1.807, 2.05) is 50.4 Å². The fourth-order valence-corrected chi connectivity index (χ4v) is 5.80. The lowest BCUT2D eigenvalue weighted by Crippen LogP contribution is -2.38. The highest BCUT2D eigenvalue weighted by molar-refractivity contribution is 6.34. The maximum atomic E-state index is 15.0. The van der Waals surface area contributed by atoms with E-state index in [9.17, 15) is 0 Å². The molecule has 0 saturated heterocycles. The molecule has 0 aliphatic rings. The summed E-state index contributed by atoms with van der Waals surface area (Å²) in [6.45, 7) is 1.88. The average molecular weight is 532 g/mol. The second kappa shape index (κ2) is 10.0. The fraction of sp³-hybridized carbons (Fsp3) is 0.0882. The monoisotopic (exact) mass is 531 g/mol. The summed E-state index contributed by atoms with van der Waals surface area (Å²) >= 11 is 6.60. The molecule has 6 aromatic rings. The lowest BCUT2D eigenvalue weighted by molar-refractivity contribution is 0.477. The molecule has 0 spiro atoms. The first-order valence-corrected chi connectivity index (χ1v) is 13.3. The fourth-order valence-electron chi connectivity index (χ4n) is 5.54. The van der Waals surface area contributed by atoms with Crippen LogP contribution in [0, 0.1) is 12.7 Å². The highest BCUT2D eigenvalue weighted by Gasteiger charge is 2.40. The number of benzene rings is 5. The van der Waals surface area contributed by atoms with Crippen LogP contribution < -0.4 is 5.32 Å². The average Bonchev–Trinajstić information content (AvgIpc) is 3.36. The van der Waals surface area contributed by atoms with Crippen LogP contribution in [-0.4, -0.2) is 16.8 Å². The number of hydrogen-bond donors (Lipinski definition) is 1. The van der Waals surface area contributed by atoms with Gasteiger partial charge < -0.3 is 5.32 Å². The van der Waals surface area contributed by atoms with Crippen molar-refractivity contribution in [2.45, 2.75) is 12.5 Å². The molecular formula is C34H27ClFN3. The van der Waals surface area contributed by atoms with Gasteiger partial charge in [0, 0.05) is 18.0 Å². The topological polar surface area (TPSA) is 29.9 Å². The molecule has 0 aliphatic heterocycles. The predicted octanol–water partition coefficient (Wildman–Crippen LogP) is 8.69. The quantitative estimate of drug-likeness (QED) is 0.218. The number of aryl methyl sites for hydroxylation is 1. The SMILES string of the molecule is CNc1nn(C(c2ccccc2)(c2ccccc2)c2ccccc2)c2ccc(-c3c(F)ccc(C)c3Cl)cc12. The summed E-state index contributed by atoms with van der Waals surface area (Å²) in [5, 5.41) is 9.75. The van der Waals surface area contributed by atoms with Crippen LogP contribution >= 0.6 is 11.6 Å². The Bertz CT molecular complexity index is 1670. The molecule has 0 unspecified atom stereocenters. The van der Waals surface area contributed by atoms with Crippen molar-refractivity contribution < 1.29 is 4.39 Å². The molecule has 1 aromatic heterocycles. The minimum absolute atomic E-state index is 0.351. The zero-order chi connectivity index (χ0) is 27.0. The minimum Gasteiger partial charge on any atom is -0.371 e. The van der Waals surface area contributed by atoms with Crippen LogP contribution in [0.25, 0.3) is 22.0 Å². The molecule has 39 heavy (non-hydrogen) atoms. The Morgan fingerprint density at radius 3 is 1.79 bits per heavy atom. The molecule has 1 N–H and O–H groups in total. The Hall–Kier alpha value is -4.41. The molecule has 5 aromatic carbocycles. The zero-order valence-corrected chi connectivity index (χ0v) is 22.5. The number of halogens is 2. The van der Waals surface area contributed by atoms with Crippen LogP contribution in [0.2, 0.25) is 5.02 Å². The Labute approximate surface area is 232 Å². The van der Waals surface area contributed by atoms with Crippen molar-refractivity contribution in [3.63, 3.8) is 0 Å². The Balaban J connectivity index is 1.72. The van der Waals surface area contributed by atoms with Crippen LogP contribution in [0.5, 0.6) is 0 Å². The standard InChI is InChI=1S/C34H27ClFN3/c1-23-18-20-29(36)31(32(23)35)24-19-21-30-28(22-24)33(37-2)38-39(30)34(25-12-6-3-7-13-25,26-14-8-4-9-15-26)27-16-10-5-11-17-27/h3-22H,1-2H3,(H,37,38). The number of rotatable bonds is 6. The van der Waals surface area contributed by atoms with E-state index in [4.69, 9.17) is 16.7 Å². The van der Waals surface area contributed by atoms with Crippen LogP contribution in [0.15, 0.2) is 121 Å². The maximum absolute atomic E-state index is 15.0. The molecule has 0 fully saturated rings. The largest absolute Gasteiger partial charge is 0.371 e. The predicted molar refractivity (Wildman–Crippen MR) is 159 cm³/mol. The van der Waals surface area contributed by atoms with Crippen LogP contribution in [-0.2, 0) is 5.54 Å². The molecule has 0 saturated carbocycles. The summed E-state index contributed by atoms with van der Waals surface area (Å²) in [6, 6.07) is 40.3. The van der Waals surface area contributed by atoms with Crippen LogP contribution in [0.4, 0.5) is 10.2 Å². The van der Waals surface area contributed by atoms with E-state index in [2.05, 4.69) is 82.8 Å². The van der Waals surface area contributed by atoms with Crippen molar-refractivity contribution >= 4 is 28.3 Å². The molecule has 0 radical (unpaired) electrons. The lowest BCUT2D eigenvalue weighted by atomic mass is 9.77. The second-order valence-corrected chi connectivity index (χ2v) is 9.98. The van der Waals surface area contributed by atoms with Gasteiger partial charge in [-0.15, -0.1) is 0 Å². The van der Waals surface area contributed by atoms with E-state index in [0.29, 0.717) is 22.0 Å². The molecule has 0 bridgehead atoms. The molecule has 192 valence electrons. The number of aromatic nitrogens is 2. The lowest BCUT2D eigenvalue weighted by Gasteiger charge is -2.37. The minimum atomic E-state index is -0.773. The maximum Gasteiger partial charge on any atom is 0.155 e. The molecule has 0 atom stereocenters. The van der Waals surface area contributed by atoms with Crippen molar-refractivity contribution in [2.75, 3.05) is 12.4 Å². The number of hydrogen-bond acceptors (Lipinski definition) is 2. The number of fused-ring (bicyclic) bond motifs is 1. The molecule has 3 nitrogen and oxygen atoms in total. The third-order valence-electron chi connectivity index (χ3n) is 7.38. The van der Waals surface area contributed by atoms with Gasteiger partial charge in [0.25, 0.3) is 0 Å². The highest BCUT2D eigenvalue weighted by atomic mass is 35.5. The van der Waals surface area contributed by atoms with Crippen molar-refractivity contribution in [3.05, 3.63) is 154 Å². The van der Waals surface area contributed by atoms with Gasteiger partial charge in [-0.3, -0.25) is 0 Å². The van der Waals surface area contributed by atoms with E-state index in [1.165, 1.54) is 6.07 Å². The van der Waals surface area contributed by atoms with Crippen molar-refractivity contribution in [2.24, 2.45) is 0 Å². The van der Waals surface area contributed by atoms with Crippen molar-refractivity contribution in [3.8, 4) is 11.1 Å². The summed E-state index contributed by atoms with van der Waals surface area (Å²) in [7, 11) is 1.86. The van der Waals surface area contributed by atoms with Crippen molar-refractivity contribution in [1.29, 1.82) is 0 Å². The van der Waals surface area contributed by atoms with Crippen molar-refractivity contribution in [1.82, 2.24) is 9.78 Å². The summed E-state index contributed by atoms with van der Waals surface area (Å²) in [4.78, 5) is 0. The summed E-state index contributed by atoms with van der Waals surface area (Å²) in [5.41, 5.74) is 5.29. The first-order valence-electron chi connectivity index (χ1n) is 12.9. The summed E-state index contributed by atoms with van der Waals surface area (Å²) in [6.07, 6.45) is 0. The first-order chi connectivity index (χ1) is 19.1. The van der Waals surface area contributed by atoms with Crippen LogP contribution in [0.3, 0.4) is 0 Å². The first kappa shape index (κ1) is 24.9. The number of nitrogens with zero attached hydrogens (tertiary/aromatic N) is 2. The highest BCUT2D eigenvalue weighted by Crippen LogP contribution is 2.44. The normalized spacial score (nSPS) is 11.6. The Morgan fingerprint density at radius 2 is 1.28 bits per heavy atom. The van der Waals surface area contributed by atoms with Gasteiger partial charge >= 0.3 is 0 Å². The van der Waals surface area contributed by atoms with Gasteiger partial charge in [-0.2, -0.15) is 5.10 Å². The zero-order valence-electron chi connectivity index (χ0n) is 21.7. The van der Waals surface area contributed by atoms with Gasteiger partial charge in [0.05, 0.1) is 10.5 Å². The molecule has 0 aliphatic carbocycles. The van der Waals surface area contributed by atoms with Gasteiger partial charge in [0.15, 0.2) is 5.82 Å². The second-order valence-electron chi connectivity index (χ2n) is 9.60. The summed E-state index contributed by atoms with van der Waals surface area (Å²) < 4.78 is 17.1. The smallest absolute Gasteiger partial charge is 0.155 e. The van der Waals surface area contributed by atoms with Gasteiger partial charge in [0.2, 0.25) is 0 Å². The molecule has 5 heteroatoms. The van der Waals surface area contributed by atoms with E-state index >= 15 is 4.39 Å². The molecular weight excluding hydrogens is 505 g/mol. The van der Waals surface area contributed by atoms with E-state index in [0.717, 1.165) is 33.2 Å². The van der Waals surface area contributed by atoms with Gasteiger partial charge in [-0.05, 0) is 52.9 Å². The summed E-state index contributed by atoms with van der Waals surface area (Å²) in [5.74, 6) is 0.346. The third kappa shape index (κ3) is 4.00. The van der Waals surface area contributed by atoms with Gasteiger partial charge in [-0.1, -0.05) is 115 Å². The van der Waals surface area contributed by atoms with Gasteiger partial charge in [0.1, 0.15) is 11.4 Å². The van der Waals surface area contributed by atoms with E-state index in [-0.39, 0.29) is 5.82 Å². The third-order valence-corrected chi connectivity index (χ3v) is 7.87. The van der Waals surface area contributed by atoms with E-state index < -0.39 is 5.54 Å². The number of anilines is 1. The number of nitrogens with one attached hydrogen (secondary N) is 1. The molecule has 6 rings (SSSR count). The van der Waals surface area contributed by atoms with E-state index in [1.54, 1.807) is 6.07 Å². The van der Waals surface area contributed by atoms with Gasteiger partial charge in [-0.25, -0.2) is 9.07 Å².